The van der Waals surface area contributed by atoms with Crippen molar-refractivity contribution in [3.05, 3.63) is 157 Å². The fourth-order valence-corrected chi connectivity index (χ4v) is 15.5. The van der Waals surface area contributed by atoms with Crippen molar-refractivity contribution in [2.75, 3.05) is 9.80 Å². The van der Waals surface area contributed by atoms with Crippen LogP contribution < -0.4 is 9.80 Å². The van der Waals surface area contributed by atoms with Crippen molar-refractivity contribution >= 4 is 55.1 Å². The quantitative estimate of drug-likeness (QED) is 0.163. The van der Waals surface area contributed by atoms with E-state index in [4.69, 9.17) is 0 Å². The molecule has 2 heterocycles. The number of hydrogen-bond donors (Lipinski definition) is 0. The predicted octanol–water partition coefficient (Wildman–Crippen LogP) is 17.5. The molecule has 2 fully saturated rings. The minimum Gasteiger partial charge on any atom is -0.334 e. The Hall–Kier alpha value is -5.60. The van der Waals surface area contributed by atoms with Crippen molar-refractivity contribution < 1.29 is 0 Å². The van der Waals surface area contributed by atoms with Gasteiger partial charge in [0.1, 0.15) is 0 Å². The molecule has 2 nitrogen and oxygen atoms in total. The summed E-state index contributed by atoms with van der Waals surface area (Å²) in [5.74, 6) is 0. The predicted molar refractivity (Wildman–Crippen MR) is 274 cm³/mol. The van der Waals surface area contributed by atoms with Crippen molar-refractivity contribution in [2.45, 2.75) is 129 Å². The Bertz CT molecular complexity index is 2920. The van der Waals surface area contributed by atoms with Crippen LogP contribution in [0.15, 0.2) is 146 Å². The maximum absolute atomic E-state index is 2.77. The molecule has 0 spiro atoms. The van der Waals surface area contributed by atoms with Crippen molar-refractivity contribution in [1.29, 1.82) is 0 Å². The highest BCUT2D eigenvalue weighted by molar-refractivity contribution is 6.27. The molecule has 0 N–H and O–H groups in total. The summed E-state index contributed by atoms with van der Waals surface area (Å²) in [4.78, 5) is 5.54. The van der Waals surface area contributed by atoms with E-state index >= 15 is 0 Å². The van der Waals surface area contributed by atoms with Crippen LogP contribution in [0.1, 0.15) is 118 Å². The normalized spacial score (nSPS) is 25.5. The summed E-state index contributed by atoms with van der Waals surface area (Å²) in [7, 11) is 0. The summed E-state index contributed by atoms with van der Waals surface area (Å²) in [5.41, 5.74) is 13.8. The van der Waals surface area contributed by atoms with Gasteiger partial charge < -0.3 is 9.80 Å². The third-order valence-corrected chi connectivity index (χ3v) is 18.0. The van der Waals surface area contributed by atoms with Gasteiger partial charge in [0.15, 0.2) is 0 Å². The standard InChI is InChI=1S/C62H64N2/c1-57(2,3)61-37-17-15-35-59(61,7)51-39-43(27-33-53(51)63(61)45-19-11-9-12-20-45)47-29-23-41-26-32-50-48(30-24-42-25-31-49(47)55(41)56(42)50)44-28-34-54-52(40-44)60(8)36-16-18-38-62(60,58(4,5)6)64(54)46-21-13-10-14-22-46/h9-14,19-34,39-40H,15-18,35-38H2,1-8H3. The largest absolute Gasteiger partial charge is 0.334 e. The van der Waals surface area contributed by atoms with E-state index in [1.807, 2.05) is 0 Å². The molecule has 8 aromatic rings. The molecule has 12 rings (SSSR count). The molecule has 4 aliphatic rings. The van der Waals surface area contributed by atoms with E-state index in [1.165, 1.54) is 140 Å². The molecule has 4 unspecified atom stereocenters. The summed E-state index contributed by atoms with van der Waals surface area (Å²) in [6.07, 6.45) is 9.87. The molecule has 0 saturated heterocycles. The second-order valence-electron chi connectivity index (χ2n) is 22.8. The molecule has 2 heteroatoms. The fourth-order valence-electron chi connectivity index (χ4n) is 15.5. The van der Waals surface area contributed by atoms with E-state index in [1.54, 1.807) is 0 Å². The Morgan fingerprint density at radius 1 is 0.406 bits per heavy atom. The SMILES string of the molecule is CC(C)(C)C12CCCCC1(C)c1cc(-c3ccc4ccc5c(-c6ccc7c(c6)C6(C)CCCCC6(C(C)(C)C)N7c6ccccc6)ccc6ccc3c4c65)ccc1N2c1ccccc1. The first kappa shape index (κ1) is 40.0. The lowest BCUT2D eigenvalue weighted by Gasteiger charge is -2.59. The van der Waals surface area contributed by atoms with Gasteiger partial charge in [-0.25, -0.2) is 0 Å². The van der Waals surface area contributed by atoms with E-state index in [0.717, 1.165) is 0 Å². The molecule has 0 aromatic heterocycles. The second-order valence-corrected chi connectivity index (χ2v) is 22.8. The average molecular weight is 837 g/mol. The van der Waals surface area contributed by atoms with Crippen molar-refractivity contribution in [3.63, 3.8) is 0 Å². The molecule has 0 amide bonds. The van der Waals surface area contributed by atoms with Gasteiger partial charge in [-0.1, -0.05) is 178 Å². The van der Waals surface area contributed by atoms with Gasteiger partial charge in [0.25, 0.3) is 0 Å². The fraction of sp³-hybridized carbons (Fsp3) is 0.355. The van der Waals surface area contributed by atoms with Crippen LogP contribution in [0.4, 0.5) is 22.7 Å². The summed E-state index contributed by atoms with van der Waals surface area (Å²) in [5, 5.41) is 8.09. The van der Waals surface area contributed by atoms with E-state index in [9.17, 15) is 0 Å². The molecule has 322 valence electrons. The van der Waals surface area contributed by atoms with Gasteiger partial charge >= 0.3 is 0 Å². The van der Waals surface area contributed by atoms with Crippen LogP contribution in [-0.2, 0) is 10.8 Å². The topological polar surface area (TPSA) is 6.48 Å². The molecule has 0 bridgehead atoms. The number of para-hydroxylation sites is 2. The van der Waals surface area contributed by atoms with Crippen LogP contribution in [0.3, 0.4) is 0 Å². The molecular weight excluding hydrogens is 773 g/mol. The highest BCUT2D eigenvalue weighted by Gasteiger charge is 2.66. The van der Waals surface area contributed by atoms with Crippen LogP contribution in [0.25, 0.3) is 54.6 Å². The van der Waals surface area contributed by atoms with Crippen LogP contribution in [0, 0.1) is 10.8 Å². The first-order valence-corrected chi connectivity index (χ1v) is 24.4. The Kier molecular flexibility index (Phi) is 8.41. The first-order valence-electron chi connectivity index (χ1n) is 24.4. The van der Waals surface area contributed by atoms with E-state index in [2.05, 4.69) is 211 Å². The highest BCUT2D eigenvalue weighted by atomic mass is 15.3. The number of benzene rings is 8. The van der Waals surface area contributed by atoms with Crippen LogP contribution >= 0.6 is 0 Å². The third kappa shape index (κ3) is 4.98. The monoisotopic (exact) mass is 837 g/mol. The zero-order chi connectivity index (χ0) is 44.0. The summed E-state index contributed by atoms with van der Waals surface area (Å²) in [6.45, 7) is 20.2. The lowest BCUT2D eigenvalue weighted by molar-refractivity contribution is 0.0607. The third-order valence-electron chi connectivity index (χ3n) is 18.0. The molecule has 64 heavy (non-hydrogen) atoms. The lowest BCUT2D eigenvalue weighted by Crippen LogP contribution is -2.64. The van der Waals surface area contributed by atoms with E-state index in [-0.39, 0.29) is 32.7 Å². The Morgan fingerprint density at radius 2 is 0.781 bits per heavy atom. The minimum absolute atomic E-state index is 0.0125. The molecular formula is C62H64N2. The molecule has 2 saturated carbocycles. The number of hydrogen-bond acceptors (Lipinski definition) is 2. The van der Waals surface area contributed by atoms with Crippen molar-refractivity contribution in [1.82, 2.24) is 0 Å². The highest BCUT2D eigenvalue weighted by Crippen LogP contribution is 2.68. The number of nitrogens with zero attached hydrogens (tertiary/aromatic N) is 2. The average Bonchev–Trinajstić information content (AvgIpc) is 3.69. The smallest absolute Gasteiger partial charge is 0.0594 e. The number of fused-ring (bicyclic) bond motifs is 6. The van der Waals surface area contributed by atoms with Gasteiger partial charge in [-0.3, -0.25) is 0 Å². The molecule has 0 radical (unpaired) electrons. The van der Waals surface area contributed by atoms with Crippen LogP contribution in [0.5, 0.6) is 0 Å². The minimum atomic E-state index is -0.0281. The van der Waals surface area contributed by atoms with Gasteiger partial charge in [0.05, 0.1) is 11.1 Å². The zero-order valence-electron chi connectivity index (χ0n) is 39.4. The van der Waals surface area contributed by atoms with Crippen LogP contribution in [0.2, 0.25) is 0 Å². The van der Waals surface area contributed by atoms with E-state index < -0.39 is 0 Å². The summed E-state index contributed by atoms with van der Waals surface area (Å²) >= 11 is 0. The van der Waals surface area contributed by atoms with Crippen LogP contribution in [-0.4, -0.2) is 11.1 Å². The molecule has 2 aliphatic heterocycles. The van der Waals surface area contributed by atoms with Crippen molar-refractivity contribution in [3.8, 4) is 22.3 Å². The number of anilines is 4. The first-order chi connectivity index (χ1) is 30.7. The van der Waals surface area contributed by atoms with E-state index in [0.29, 0.717) is 0 Å². The van der Waals surface area contributed by atoms with Gasteiger partial charge in [0, 0.05) is 33.6 Å². The van der Waals surface area contributed by atoms with Crippen molar-refractivity contribution in [2.24, 2.45) is 10.8 Å². The Labute approximate surface area is 381 Å². The van der Waals surface area contributed by atoms with Gasteiger partial charge in [-0.15, -0.1) is 0 Å². The lowest BCUT2D eigenvalue weighted by atomic mass is 9.52. The van der Waals surface area contributed by atoms with Gasteiger partial charge in [-0.2, -0.15) is 0 Å². The maximum atomic E-state index is 2.77. The number of rotatable bonds is 4. The summed E-state index contributed by atoms with van der Waals surface area (Å²) in [6, 6.07) is 56.7. The Morgan fingerprint density at radius 3 is 1.17 bits per heavy atom. The molecule has 8 aromatic carbocycles. The zero-order valence-corrected chi connectivity index (χ0v) is 39.4. The maximum Gasteiger partial charge on any atom is 0.0594 e. The summed E-state index contributed by atoms with van der Waals surface area (Å²) < 4.78 is 0. The molecule has 4 atom stereocenters. The molecule has 2 aliphatic carbocycles. The van der Waals surface area contributed by atoms with Gasteiger partial charge in [-0.05, 0) is 151 Å². The second kappa shape index (κ2) is 13.5. The Balaban J connectivity index is 1.03. The van der Waals surface area contributed by atoms with Gasteiger partial charge in [0.2, 0.25) is 0 Å².